The fourth-order valence-corrected chi connectivity index (χ4v) is 9.34. The van der Waals surface area contributed by atoms with Crippen molar-refractivity contribution < 1.29 is 24.8 Å². The van der Waals surface area contributed by atoms with E-state index in [-0.39, 0.29) is 17.4 Å². The molecule has 0 radical (unpaired) electrons. The molecule has 7 rings (SSSR count). The van der Waals surface area contributed by atoms with E-state index in [1.165, 1.54) is 16.7 Å². The van der Waals surface area contributed by atoms with Gasteiger partial charge in [0, 0.05) is 24.2 Å². The van der Waals surface area contributed by atoms with Crippen LogP contribution in [0.4, 0.5) is 0 Å². The molecule has 0 bridgehead atoms. The Labute approximate surface area is 226 Å². The van der Waals surface area contributed by atoms with Crippen LogP contribution in [-0.2, 0) is 9.47 Å². The van der Waals surface area contributed by atoms with E-state index in [1.54, 1.807) is 0 Å². The maximum Gasteiger partial charge on any atom is 0.171 e. The van der Waals surface area contributed by atoms with Gasteiger partial charge in [0.05, 0.1) is 24.9 Å². The Bertz CT molecular complexity index is 1200. The first-order valence-electron chi connectivity index (χ1n) is 14.9. The predicted molar refractivity (Wildman–Crippen MR) is 144 cm³/mol. The second-order valence-electron chi connectivity index (χ2n) is 13.4. The number of aliphatic hydroxyl groups is 3. The van der Waals surface area contributed by atoms with E-state index in [1.807, 2.05) is 6.92 Å². The van der Waals surface area contributed by atoms with Crippen LogP contribution in [0.25, 0.3) is 0 Å². The average Bonchev–Trinajstić information content (AvgIpc) is 3.61. The maximum atomic E-state index is 12.2. The highest BCUT2D eigenvalue weighted by molar-refractivity contribution is 5.45. The lowest BCUT2D eigenvalue weighted by atomic mass is 9.49. The molecule has 1 heterocycles. The molecular weight excluding hydrogens is 476 g/mol. The summed E-state index contributed by atoms with van der Waals surface area (Å²) in [6.45, 7) is 5.30. The van der Waals surface area contributed by atoms with E-state index in [2.05, 4.69) is 43.0 Å². The van der Waals surface area contributed by atoms with E-state index >= 15 is 0 Å². The largest absolute Gasteiger partial charge is 0.388 e. The topological polar surface area (TPSA) is 79.2 Å². The molecule has 0 aromatic heterocycles. The highest BCUT2D eigenvalue weighted by Gasteiger charge is 2.64. The van der Waals surface area contributed by atoms with Crippen LogP contribution in [0, 0.1) is 35.0 Å². The Morgan fingerprint density at radius 3 is 2.39 bits per heavy atom. The second kappa shape index (κ2) is 8.66. The fourth-order valence-electron chi connectivity index (χ4n) is 9.34. The van der Waals surface area contributed by atoms with Gasteiger partial charge in [-0.15, -0.1) is 5.92 Å². The van der Waals surface area contributed by atoms with Crippen LogP contribution in [0.2, 0.25) is 0 Å². The molecule has 5 nitrogen and oxygen atoms in total. The highest BCUT2D eigenvalue weighted by Crippen LogP contribution is 2.67. The van der Waals surface area contributed by atoms with E-state index in [4.69, 9.17) is 9.47 Å². The van der Waals surface area contributed by atoms with Crippen molar-refractivity contribution in [3.8, 4) is 11.8 Å². The summed E-state index contributed by atoms with van der Waals surface area (Å²) in [6.07, 6.45) is 8.04. The number of rotatable bonds is 3. The van der Waals surface area contributed by atoms with Gasteiger partial charge in [0.15, 0.2) is 5.79 Å². The normalized spacial score (nSPS) is 42.2. The Morgan fingerprint density at radius 2 is 1.71 bits per heavy atom. The number of fused-ring (bicyclic) bond motifs is 4. The van der Waals surface area contributed by atoms with Crippen LogP contribution < -0.4 is 0 Å². The minimum atomic E-state index is -0.987. The maximum absolute atomic E-state index is 12.2. The molecule has 0 amide bonds. The van der Waals surface area contributed by atoms with Crippen molar-refractivity contribution in [2.24, 2.45) is 23.2 Å². The third-order valence-electron chi connectivity index (χ3n) is 11.5. The molecule has 5 heteroatoms. The standard InChI is InChI=1S/C33H42O5/c1-3-13-32(36)15-11-26-24-10-14-31(35)20-33(37-17-18-38-33)16-12-27(31)28(24)25(19-30(26,32)2)21-4-6-22(7-5-21)29(34)23-8-9-23/h4-7,23-26,29,34-36H,8-12,14-20H2,1-2H3/t24?,25?,26?,29?,30-,31+,32-/m0/s1. The van der Waals surface area contributed by atoms with Gasteiger partial charge < -0.3 is 24.8 Å². The summed E-state index contributed by atoms with van der Waals surface area (Å²) in [6, 6.07) is 8.59. The van der Waals surface area contributed by atoms with Crippen molar-refractivity contribution in [1.82, 2.24) is 0 Å². The minimum Gasteiger partial charge on any atom is -0.388 e. The third-order valence-corrected chi connectivity index (χ3v) is 11.5. The van der Waals surface area contributed by atoms with Gasteiger partial charge in [-0.1, -0.05) is 42.7 Å². The molecule has 4 saturated carbocycles. The van der Waals surface area contributed by atoms with Gasteiger partial charge in [0.25, 0.3) is 0 Å². The van der Waals surface area contributed by atoms with Gasteiger partial charge in [-0.25, -0.2) is 0 Å². The van der Waals surface area contributed by atoms with Crippen molar-refractivity contribution in [3.05, 3.63) is 46.5 Å². The number of ether oxygens (including phenoxy) is 2. The van der Waals surface area contributed by atoms with E-state index < -0.39 is 17.0 Å². The molecule has 5 aliphatic carbocycles. The minimum absolute atomic E-state index is 0.109. The van der Waals surface area contributed by atoms with E-state index in [0.717, 1.165) is 50.5 Å². The lowest BCUT2D eigenvalue weighted by Gasteiger charge is -2.57. The third kappa shape index (κ3) is 3.64. The van der Waals surface area contributed by atoms with Crippen molar-refractivity contribution in [3.63, 3.8) is 0 Å². The monoisotopic (exact) mass is 518 g/mol. The molecule has 3 N–H and O–H groups in total. The molecular formula is C33H42O5. The van der Waals surface area contributed by atoms with Crippen LogP contribution in [0.5, 0.6) is 0 Å². The summed E-state index contributed by atoms with van der Waals surface area (Å²) in [5.41, 5.74) is 2.64. The van der Waals surface area contributed by atoms with Crippen LogP contribution in [0.3, 0.4) is 0 Å². The lowest BCUT2D eigenvalue weighted by Crippen LogP contribution is -2.55. The highest BCUT2D eigenvalue weighted by atomic mass is 16.7. The molecule has 1 aromatic carbocycles. The Kier molecular flexibility index (Phi) is 5.76. The van der Waals surface area contributed by atoms with Gasteiger partial charge in [0.1, 0.15) is 5.60 Å². The molecule has 5 fully saturated rings. The van der Waals surface area contributed by atoms with Gasteiger partial charge in [0.2, 0.25) is 0 Å². The SMILES string of the molecule is CC#C[C@]1(O)CCC2C3CC[C@@]4(O)CC5(CCC4=C3C(c3ccc(C(O)C4CC4)cc3)C[C@@]21C)OCCO5. The zero-order valence-electron chi connectivity index (χ0n) is 22.8. The molecule has 1 spiro atoms. The van der Waals surface area contributed by atoms with E-state index in [0.29, 0.717) is 50.2 Å². The van der Waals surface area contributed by atoms with E-state index in [9.17, 15) is 15.3 Å². The average molecular weight is 519 g/mol. The van der Waals surface area contributed by atoms with Crippen LogP contribution in [0.1, 0.15) is 101 Å². The summed E-state index contributed by atoms with van der Waals surface area (Å²) in [4.78, 5) is 0. The molecule has 1 saturated heterocycles. The van der Waals surface area contributed by atoms with Gasteiger partial charge in [-0.3, -0.25) is 0 Å². The zero-order chi connectivity index (χ0) is 26.3. The van der Waals surface area contributed by atoms with Crippen molar-refractivity contribution >= 4 is 0 Å². The Hall–Kier alpha value is -1.68. The Balaban J connectivity index is 1.33. The van der Waals surface area contributed by atoms with Gasteiger partial charge in [-0.2, -0.15) is 0 Å². The smallest absolute Gasteiger partial charge is 0.171 e. The first kappa shape index (κ1) is 25.3. The van der Waals surface area contributed by atoms with Crippen molar-refractivity contribution in [2.45, 2.75) is 107 Å². The van der Waals surface area contributed by atoms with Gasteiger partial charge in [-0.05, 0) is 92.7 Å². The number of hydrogen-bond donors (Lipinski definition) is 3. The molecule has 4 unspecified atom stereocenters. The Morgan fingerprint density at radius 1 is 0.974 bits per heavy atom. The zero-order valence-corrected chi connectivity index (χ0v) is 22.8. The number of allylic oxidation sites excluding steroid dienone is 1. The number of aliphatic hydroxyl groups excluding tert-OH is 1. The fraction of sp³-hybridized carbons (Fsp3) is 0.697. The second-order valence-corrected chi connectivity index (χ2v) is 13.4. The summed E-state index contributed by atoms with van der Waals surface area (Å²) < 4.78 is 12.1. The lowest BCUT2D eigenvalue weighted by molar-refractivity contribution is -0.208. The molecule has 1 aliphatic heterocycles. The van der Waals surface area contributed by atoms with Crippen molar-refractivity contribution in [1.29, 1.82) is 0 Å². The van der Waals surface area contributed by atoms with Crippen LogP contribution in [-0.4, -0.2) is 45.5 Å². The first-order chi connectivity index (χ1) is 18.2. The molecule has 204 valence electrons. The quantitative estimate of drug-likeness (QED) is 0.381. The predicted octanol–water partition coefficient (Wildman–Crippen LogP) is 5.15. The summed E-state index contributed by atoms with van der Waals surface area (Å²) in [5.74, 6) is 6.83. The summed E-state index contributed by atoms with van der Waals surface area (Å²) in [7, 11) is 0. The summed E-state index contributed by atoms with van der Waals surface area (Å²) in [5, 5.41) is 34.8. The first-order valence-corrected chi connectivity index (χ1v) is 14.9. The molecule has 6 aliphatic rings. The molecule has 38 heavy (non-hydrogen) atoms. The molecule has 7 atom stereocenters. The van der Waals surface area contributed by atoms with Gasteiger partial charge >= 0.3 is 0 Å². The summed E-state index contributed by atoms with van der Waals surface area (Å²) >= 11 is 0. The van der Waals surface area contributed by atoms with Crippen molar-refractivity contribution in [2.75, 3.05) is 13.2 Å². The number of benzene rings is 1. The number of hydrogen-bond acceptors (Lipinski definition) is 5. The molecule has 1 aromatic rings. The van der Waals surface area contributed by atoms with Crippen LogP contribution in [0.15, 0.2) is 35.4 Å². The van der Waals surface area contributed by atoms with Crippen LogP contribution >= 0.6 is 0 Å².